The van der Waals surface area contributed by atoms with Gasteiger partial charge in [0.1, 0.15) is 0 Å². The summed E-state index contributed by atoms with van der Waals surface area (Å²) in [6.45, 7) is 3.57. The van der Waals surface area contributed by atoms with Crippen molar-refractivity contribution < 1.29 is 4.74 Å². The van der Waals surface area contributed by atoms with Crippen molar-refractivity contribution in [2.45, 2.75) is 51.6 Å². The molecule has 0 fully saturated rings. The fraction of sp³-hybridized carbons (Fsp3) is 0.667. The van der Waals surface area contributed by atoms with Crippen LogP contribution in [0.4, 0.5) is 0 Å². The minimum Gasteiger partial charge on any atom is -0.372 e. The molecule has 3 nitrogen and oxygen atoms in total. The first-order valence-corrected chi connectivity index (χ1v) is 7.10. The predicted molar refractivity (Wildman–Crippen MR) is 75.4 cm³/mol. The number of hydrogen-bond acceptors (Lipinski definition) is 3. The number of aromatic nitrogens is 1. The third-order valence-electron chi connectivity index (χ3n) is 3.11. The van der Waals surface area contributed by atoms with E-state index >= 15 is 0 Å². The van der Waals surface area contributed by atoms with Crippen LogP contribution in [0.1, 0.15) is 57.1 Å². The van der Waals surface area contributed by atoms with Crippen molar-refractivity contribution in [3.63, 3.8) is 0 Å². The van der Waals surface area contributed by atoms with Crippen molar-refractivity contribution >= 4 is 0 Å². The first-order valence-electron chi connectivity index (χ1n) is 7.10. The molecule has 0 radical (unpaired) electrons. The highest BCUT2D eigenvalue weighted by atomic mass is 16.5. The summed E-state index contributed by atoms with van der Waals surface area (Å²) in [4.78, 5) is 4.00. The molecule has 18 heavy (non-hydrogen) atoms. The second-order valence-electron chi connectivity index (χ2n) is 4.64. The van der Waals surface area contributed by atoms with Crippen LogP contribution in [0.3, 0.4) is 0 Å². The smallest absolute Gasteiger partial charge is 0.0948 e. The molecular formula is C15H26N2O. The van der Waals surface area contributed by atoms with Crippen LogP contribution in [0, 0.1) is 0 Å². The van der Waals surface area contributed by atoms with Crippen LogP contribution in [-0.2, 0) is 4.74 Å². The molecule has 0 bridgehead atoms. The lowest BCUT2D eigenvalue weighted by Gasteiger charge is -2.16. The normalized spacial score (nSPS) is 12.6. The minimum absolute atomic E-state index is 0.0173. The lowest BCUT2D eigenvalue weighted by atomic mass is 10.1. The van der Waals surface area contributed by atoms with E-state index in [-0.39, 0.29) is 6.10 Å². The van der Waals surface area contributed by atoms with Gasteiger partial charge in [-0.25, -0.2) is 0 Å². The fourth-order valence-electron chi connectivity index (χ4n) is 1.99. The number of hydrogen-bond donors (Lipinski definition) is 1. The van der Waals surface area contributed by atoms with Gasteiger partial charge in [0.15, 0.2) is 0 Å². The Morgan fingerprint density at radius 3 is 2.44 bits per heavy atom. The van der Waals surface area contributed by atoms with E-state index in [1.54, 1.807) is 12.4 Å². The third kappa shape index (κ3) is 6.12. The molecule has 0 amide bonds. The minimum atomic E-state index is 0.0173. The van der Waals surface area contributed by atoms with E-state index in [0.717, 1.165) is 18.6 Å². The molecule has 0 aliphatic carbocycles. The Balaban J connectivity index is 2.13. The van der Waals surface area contributed by atoms with Gasteiger partial charge in [-0.05, 0) is 24.1 Å². The van der Waals surface area contributed by atoms with Crippen LogP contribution in [0.5, 0.6) is 0 Å². The molecule has 0 aliphatic heterocycles. The van der Waals surface area contributed by atoms with Gasteiger partial charge in [0.2, 0.25) is 0 Å². The maximum atomic E-state index is 5.83. The van der Waals surface area contributed by atoms with Crippen molar-refractivity contribution in [1.82, 2.24) is 4.98 Å². The fourth-order valence-corrected chi connectivity index (χ4v) is 1.99. The SMILES string of the molecule is CCCCCCCCOC(CN)c1ccncc1. The van der Waals surface area contributed by atoms with Crippen LogP contribution in [0.15, 0.2) is 24.5 Å². The molecular weight excluding hydrogens is 224 g/mol. The van der Waals surface area contributed by atoms with Gasteiger partial charge in [-0.15, -0.1) is 0 Å². The quantitative estimate of drug-likeness (QED) is 0.647. The number of pyridine rings is 1. The molecule has 102 valence electrons. The van der Waals surface area contributed by atoms with E-state index in [2.05, 4.69) is 11.9 Å². The Kier molecular flexibility index (Phi) is 8.43. The molecule has 1 rings (SSSR count). The van der Waals surface area contributed by atoms with Crippen LogP contribution in [-0.4, -0.2) is 18.1 Å². The van der Waals surface area contributed by atoms with E-state index < -0.39 is 0 Å². The van der Waals surface area contributed by atoms with Crippen LogP contribution < -0.4 is 5.73 Å². The number of rotatable bonds is 10. The zero-order valence-corrected chi connectivity index (χ0v) is 11.5. The van der Waals surface area contributed by atoms with Gasteiger partial charge in [-0.3, -0.25) is 4.98 Å². The second kappa shape index (κ2) is 10.0. The third-order valence-corrected chi connectivity index (χ3v) is 3.11. The molecule has 3 heteroatoms. The molecule has 1 atom stereocenters. The highest BCUT2D eigenvalue weighted by Gasteiger charge is 2.08. The van der Waals surface area contributed by atoms with Gasteiger partial charge in [-0.2, -0.15) is 0 Å². The first-order chi connectivity index (χ1) is 8.88. The molecule has 0 saturated carbocycles. The zero-order chi connectivity index (χ0) is 13.1. The largest absolute Gasteiger partial charge is 0.372 e. The summed E-state index contributed by atoms with van der Waals surface area (Å²) < 4.78 is 5.83. The highest BCUT2D eigenvalue weighted by Crippen LogP contribution is 2.15. The number of unbranched alkanes of at least 4 members (excludes halogenated alkanes) is 5. The first kappa shape index (κ1) is 15.1. The summed E-state index contributed by atoms with van der Waals surface area (Å²) in [5.74, 6) is 0. The lowest BCUT2D eigenvalue weighted by molar-refractivity contribution is 0.0557. The van der Waals surface area contributed by atoms with Gasteiger partial charge in [0.25, 0.3) is 0 Å². The number of ether oxygens (including phenoxy) is 1. The van der Waals surface area contributed by atoms with Crippen molar-refractivity contribution in [2.24, 2.45) is 5.73 Å². The van der Waals surface area contributed by atoms with Crippen molar-refractivity contribution in [2.75, 3.05) is 13.2 Å². The molecule has 1 aromatic rings. The summed E-state index contributed by atoms with van der Waals surface area (Å²) in [6, 6.07) is 3.94. The predicted octanol–water partition coefficient (Wildman–Crippen LogP) is 3.46. The van der Waals surface area contributed by atoms with Gasteiger partial charge in [0.05, 0.1) is 6.10 Å². The molecule has 0 spiro atoms. The zero-order valence-electron chi connectivity index (χ0n) is 11.5. The van der Waals surface area contributed by atoms with Crippen LogP contribution in [0.2, 0.25) is 0 Å². The van der Waals surface area contributed by atoms with Crippen molar-refractivity contribution in [3.05, 3.63) is 30.1 Å². The number of nitrogens with two attached hydrogens (primary N) is 1. The Hall–Kier alpha value is -0.930. The summed E-state index contributed by atoms with van der Waals surface area (Å²) in [7, 11) is 0. The van der Waals surface area contributed by atoms with Gasteiger partial charge < -0.3 is 10.5 Å². The van der Waals surface area contributed by atoms with E-state index in [0.29, 0.717) is 6.54 Å². The molecule has 2 N–H and O–H groups in total. The van der Waals surface area contributed by atoms with Crippen LogP contribution in [0.25, 0.3) is 0 Å². The summed E-state index contributed by atoms with van der Waals surface area (Å²) >= 11 is 0. The molecule has 1 heterocycles. The molecule has 1 unspecified atom stereocenters. The summed E-state index contributed by atoms with van der Waals surface area (Å²) in [5.41, 5.74) is 6.86. The average molecular weight is 250 g/mol. The van der Waals surface area contributed by atoms with Gasteiger partial charge >= 0.3 is 0 Å². The van der Waals surface area contributed by atoms with Crippen molar-refractivity contribution in [3.8, 4) is 0 Å². The Labute approximate surface area is 111 Å². The van der Waals surface area contributed by atoms with Crippen LogP contribution >= 0.6 is 0 Å². The monoisotopic (exact) mass is 250 g/mol. The molecule has 0 aliphatic rings. The van der Waals surface area contributed by atoms with E-state index in [1.165, 1.54) is 32.1 Å². The van der Waals surface area contributed by atoms with E-state index in [4.69, 9.17) is 10.5 Å². The maximum Gasteiger partial charge on any atom is 0.0948 e. The Morgan fingerprint density at radius 1 is 1.11 bits per heavy atom. The summed E-state index contributed by atoms with van der Waals surface area (Å²) in [5, 5.41) is 0. The lowest BCUT2D eigenvalue weighted by Crippen LogP contribution is -2.16. The topological polar surface area (TPSA) is 48.1 Å². The van der Waals surface area contributed by atoms with E-state index in [9.17, 15) is 0 Å². The van der Waals surface area contributed by atoms with Crippen molar-refractivity contribution in [1.29, 1.82) is 0 Å². The Bertz CT molecular complexity index is 290. The maximum absolute atomic E-state index is 5.83. The summed E-state index contributed by atoms with van der Waals surface area (Å²) in [6.07, 6.45) is 11.3. The van der Waals surface area contributed by atoms with E-state index in [1.807, 2.05) is 12.1 Å². The van der Waals surface area contributed by atoms with Gasteiger partial charge in [-0.1, -0.05) is 39.0 Å². The second-order valence-corrected chi connectivity index (χ2v) is 4.64. The van der Waals surface area contributed by atoms with Gasteiger partial charge in [0, 0.05) is 25.5 Å². The highest BCUT2D eigenvalue weighted by molar-refractivity contribution is 5.13. The molecule has 0 saturated heterocycles. The average Bonchev–Trinajstić information content (AvgIpc) is 2.43. The standard InChI is InChI=1S/C15H26N2O/c1-2-3-4-5-6-7-12-18-15(13-16)14-8-10-17-11-9-14/h8-11,15H,2-7,12-13,16H2,1H3. The Morgan fingerprint density at radius 2 is 1.78 bits per heavy atom. The number of nitrogens with zero attached hydrogens (tertiary/aromatic N) is 1. The molecule has 1 aromatic heterocycles. The molecule has 0 aromatic carbocycles.